The summed E-state index contributed by atoms with van der Waals surface area (Å²) in [6.45, 7) is 2.65. The average Bonchev–Trinajstić information content (AvgIpc) is 2.62. The maximum Gasteiger partial charge on any atom is 0.416 e. The zero-order valence-electron chi connectivity index (χ0n) is 15.0. The third-order valence-corrected chi connectivity index (χ3v) is 7.15. The number of nitrogens with zero attached hydrogens (tertiary/aromatic N) is 1. The minimum Gasteiger partial charge on any atom is -0.207 e. The van der Waals surface area contributed by atoms with E-state index >= 15 is 0 Å². The zero-order chi connectivity index (χ0) is 19.7. The van der Waals surface area contributed by atoms with Crippen LogP contribution in [-0.2, 0) is 22.6 Å². The number of piperidine rings is 1. The lowest BCUT2D eigenvalue weighted by molar-refractivity contribution is -0.137. The number of alkyl halides is 3. The van der Waals surface area contributed by atoms with Crippen LogP contribution in [0.1, 0.15) is 29.5 Å². The molecule has 0 bridgehead atoms. The second kappa shape index (κ2) is 7.64. The fourth-order valence-corrected chi connectivity index (χ4v) is 5.20. The second-order valence-corrected chi connectivity index (χ2v) is 8.92. The van der Waals surface area contributed by atoms with Crippen molar-refractivity contribution in [3.05, 3.63) is 65.2 Å². The molecule has 3 nitrogen and oxygen atoms in total. The molecule has 1 aliphatic rings. The number of hydrogen-bond acceptors (Lipinski definition) is 2. The average molecular weight is 397 g/mol. The third-order valence-electron chi connectivity index (χ3n) is 5.09. The topological polar surface area (TPSA) is 37.4 Å². The normalized spacial score (nSPS) is 17.2. The van der Waals surface area contributed by atoms with E-state index in [1.54, 1.807) is 25.1 Å². The minimum absolute atomic E-state index is 0.269. The highest BCUT2D eigenvalue weighted by Gasteiger charge is 2.31. The summed E-state index contributed by atoms with van der Waals surface area (Å²) in [7, 11) is -3.50. The van der Waals surface area contributed by atoms with E-state index in [0.29, 0.717) is 37.2 Å². The summed E-state index contributed by atoms with van der Waals surface area (Å²) < 4.78 is 65.1. The van der Waals surface area contributed by atoms with Crippen LogP contribution in [0, 0.1) is 12.8 Å². The molecule has 0 spiro atoms. The van der Waals surface area contributed by atoms with Crippen LogP contribution in [0.3, 0.4) is 0 Å². The molecule has 0 atom stereocenters. The Balaban J connectivity index is 1.61. The van der Waals surface area contributed by atoms with Crippen LogP contribution in [0.25, 0.3) is 0 Å². The smallest absolute Gasteiger partial charge is 0.207 e. The zero-order valence-corrected chi connectivity index (χ0v) is 15.9. The Hall–Kier alpha value is -1.86. The molecule has 1 heterocycles. The minimum atomic E-state index is -4.33. The maximum atomic E-state index is 12.8. The molecule has 27 heavy (non-hydrogen) atoms. The quantitative estimate of drug-likeness (QED) is 0.753. The Morgan fingerprint density at radius 3 is 2.15 bits per heavy atom. The van der Waals surface area contributed by atoms with Crippen molar-refractivity contribution >= 4 is 10.0 Å². The Morgan fingerprint density at radius 2 is 1.59 bits per heavy atom. The Labute approximate surface area is 157 Å². The first kappa shape index (κ1) is 19.9. The van der Waals surface area contributed by atoms with Crippen molar-refractivity contribution in [1.82, 2.24) is 4.31 Å². The lowest BCUT2D eigenvalue weighted by Gasteiger charge is -2.31. The summed E-state index contributed by atoms with van der Waals surface area (Å²) in [6, 6.07) is 12.2. The summed E-state index contributed by atoms with van der Waals surface area (Å²) in [4.78, 5) is 0.339. The van der Waals surface area contributed by atoms with E-state index in [0.717, 1.165) is 23.3 Å². The standard InChI is InChI=1S/C20H22F3NO2S/c1-15-4-2-3-5-19(15)27(25,26)24-12-10-17(11-13-24)14-16-6-8-18(9-7-16)20(21,22)23/h2-9,17H,10-14H2,1H3. The summed E-state index contributed by atoms with van der Waals surface area (Å²) >= 11 is 0. The molecule has 146 valence electrons. The van der Waals surface area contributed by atoms with Gasteiger partial charge in [-0.05, 0) is 61.4 Å². The molecule has 3 rings (SSSR count). The molecule has 1 fully saturated rings. The second-order valence-electron chi connectivity index (χ2n) is 7.01. The Morgan fingerprint density at radius 1 is 1.00 bits per heavy atom. The van der Waals surface area contributed by atoms with Gasteiger partial charge in [-0.15, -0.1) is 0 Å². The van der Waals surface area contributed by atoms with E-state index in [-0.39, 0.29) is 5.92 Å². The van der Waals surface area contributed by atoms with Crippen LogP contribution in [-0.4, -0.2) is 25.8 Å². The van der Waals surface area contributed by atoms with Gasteiger partial charge in [0.15, 0.2) is 0 Å². The van der Waals surface area contributed by atoms with Crippen molar-refractivity contribution in [3.63, 3.8) is 0 Å². The molecule has 0 radical (unpaired) electrons. The molecule has 0 aliphatic carbocycles. The number of sulfonamides is 1. The van der Waals surface area contributed by atoms with E-state index in [9.17, 15) is 21.6 Å². The fourth-order valence-electron chi connectivity index (χ4n) is 3.50. The largest absolute Gasteiger partial charge is 0.416 e. The van der Waals surface area contributed by atoms with Crippen LogP contribution in [0.2, 0.25) is 0 Å². The van der Waals surface area contributed by atoms with Gasteiger partial charge in [0, 0.05) is 13.1 Å². The van der Waals surface area contributed by atoms with Crippen LogP contribution in [0.15, 0.2) is 53.4 Å². The number of hydrogen-bond donors (Lipinski definition) is 0. The van der Waals surface area contributed by atoms with Crippen LogP contribution < -0.4 is 0 Å². The van der Waals surface area contributed by atoms with Crippen molar-refractivity contribution in [2.45, 2.75) is 37.3 Å². The van der Waals surface area contributed by atoms with Crippen molar-refractivity contribution in [1.29, 1.82) is 0 Å². The summed E-state index contributed by atoms with van der Waals surface area (Å²) in [5.74, 6) is 0.269. The van der Waals surface area contributed by atoms with Gasteiger partial charge in [0.1, 0.15) is 0 Å². The third kappa shape index (κ3) is 4.52. The van der Waals surface area contributed by atoms with Crippen molar-refractivity contribution in [2.75, 3.05) is 13.1 Å². The van der Waals surface area contributed by atoms with Crippen LogP contribution >= 0.6 is 0 Å². The van der Waals surface area contributed by atoms with Gasteiger partial charge in [0.05, 0.1) is 10.5 Å². The predicted molar refractivity (Wildman–Crippen MR) is 97.8 cm³/mol. The molecular formula is C20H22F3NO2S. The SMILES string of the molecule is Cc1ccccc1S(=O)(=O)N1CCC(Cc2ccc(C(F)(F)F)cc2)CC1. The number of benzene rings is 2. The van der Waals surface area contributed by atoms with Gasteiger partial charge in [-0.25, -0.2) is 8.42 Å². The highest BCUT2D eigenvalue weighted by atomic mass is 32.2. The predicted octanol–water partition coefficient (Wildman–Crippen LogP) is 4.66. The maximum absolute atomic E-state index is 12.8. The summed E-state index contributed by atoms with van der Waals surface area (Å²) in [5, 5.41) is 0. The van der Waals surface area contributed by atoms with Gasteiger partial charge in [-0.3, -0.25) is 0 Å². The van der Waals surface area contributed by atoms with E-state index in [2.05, 4.69) is 0 Å². The molecule has 0 amide bonds. The first-order valence-electron chi connectivity index (χ1n) is 8.90. The Kier molecular flexibility index (Phi) is 5.63. The fraction of sp³-hybridized carbons (Fsp3) is 0.400. The van der Waals surface area contributed by atoms with Crippen molar-refractivity contribution < 1.29 is 21.6 Å². The monoisotopic (exact) mass is 397 g/mol. The molecule has 2 aromatic rings. The molecule has 2 aromatic carbocycles. The molecule has 1 saturated heterocycles. The highest BCUT2D eigenvalue weighted by molar-refractivity contribution is 7.89. The van der Waals surface area contributed by atoms with Gasteiger partial charge in [-0.2, -0.15) is 17.5 Å². The van der Waals surface area contributed by atoms with Crippen molar-refractivity contribution in [2.24, 2.45) is 5.92 Å². The van der Waals surface area contributed by atoms with E-state index < -0.39 is 21.8 Å². The van der Waals surface area contributed by atoms with Gasteiger partial charge in [-0.1, -0.05) is 30.3 Å². The van der Waals surface area contributed by atoms with E-state index in [1.807, 2.05) is 6.07 Å². The highest BCUT2D eigenvalue weighted by Crippen LogP contribution is 2.31. The van der Waals surface area contributed by atoms with Gasteiger partial charge in [0.2, 0.25) is 10.0 Å². The number of halogens is 3. The lowest BCUT2D eigenvalue weighted by Crippen LogP contribution is -2.39. The Bertz CT molecular complexity index is 884. The summed E-state index contributed by atoms with van der Waals surface area (Å²) in [6.07, 6.45) is -2.26. The van der Waals surface area contributed by atoms with E-state index in [4.69, 9.17) is 0 Å². The first-order chi connectivity index (χ1) is 12.7. The summed E-state index contributed by atoms with van der Waals surface area (Å²) in [5.41, 5.74) is 0.929. The molecule has 1 aliphatic heterocycles. The van der Waals surface area contributed by atoms with Gasteiger partial charge in [0.25, 0.3) is 0 Å². The lowest BCUT2D eigenvalue weighted by atomic mass is 9.91. The molecule has 0 N–H and O–H groups in total. The molecule has 0 saturated carbocycles. The van der Waals surface area contributed by atoms with Gasteiger partial charge >= 0.3 is 6.18 Å². The molecular weight excluding hydrogens is 375 g/mol. The molecule has 0 aromatic heterocycles. The van der Waals surface area contributed by atoms with E-state index in [1.165, 1.54) is 16.4 Å². The molecule has 7 heteroatoms. The number of aryl methyl sites for hydroxylation is 1. The van der Waals surface area contributed by atoms with Crippen LogP contribution in [0.4, 0.5) is 13.2 Å². The van der Waals surface area contributed by atoms with Crippen LogP contribution in [0.5, 0.6) is 0 Å². The van der Waals surface area contributed by atoms with Crippen molar-refractivity contribution in [3.8, 4) is 0 Å². The first-order valence-corrected chi connectivity index (χ1v) is 10.3. The number of rotatable bonds is 4. The van der Waals surface area contributed by atoms with Gasteiger partial charge < -0.3 is 0 Å². The molecule has 0 unspecified atom stereocenters.